The van der Waals surface area contributed by atoms with Gasteiger partial charge in [-0.25, -0.2) is 13.2 Å². The number of halogens is 3. The SMILES string of the molecule is CC(C#N)c1cccc(C(C)(F)F)c1F. The van der Waals surface area contributed by atoms with Crippen molar-refractivity contribution in [2.45, 2.75) is 25.7 Å². The van der Waals surface area contributed by atoms with Crippen molar-refractivity contribution in [2.24, 2.45) is 0 Å². The minimum Gasteiger partial charge on any atom is -0.206 e. The zero-order valence-electron chi connectivity index (χ0n) is 8.39. The Balaban J connectivity index is 3.31. The molecule has 0 aliphatic heterocycles. The van der Waals surface area contributed by atoms with Gasteiger partial charge in [-0.1, -0.05) is 18.2 Å². The lowest BCUT2D eigenvalue weighted by Gasteiger charge is -2.14. The average Bonchev–Trinajstić information content (AvgIpc) is 2.15. The van der Waals surface area contributed by atoms with E-state index in [-0.39, 0.29) is 5.56 Å². The summed E-state index contributed by atoms with van der Waals surface area (Å²) in [6, 6.07) is 5.52. The van der Waals surface area contributed by atoms with Crippen LogP contribution in [0.15, 0.2) is 18.2 Å². The summed E-state index contributed by atoms with van der Waals surface area (Å²) in [5, 5.41) is 8.60. The minimum absolute atomic E-state index is 0.0107. The first-order chi connectivity index (χ1) is 6.88. The Morgan fingerprint density at radius 2 is 2.00 bits per heavy atom. The first kappa shape index (κ1) is 11.6. The smallest absolute Gasteiger partial charge is 0.206 e. The third-order valence-electron chi connectivity index (χ3n) is 2.16. The highest BCUT2D eigenvalue weighted by Crippen LogP contribution is 2.32. The van der Waals surface area contributed by atoms with Gasteiger partial charge in [0.1, 0.15) is 5.82 Å². The maximum Gasteiger partial charge on any atom is 0.273 e. The van der Waals surface area contributed by atoms with E-state index < -0.39 is 23.2 Å². The number of nitrogens with zero attached hydrogens (tertiary/aromatic N) is 1. The molecule has 1 nitrogen and oxygen atoms in total. The summed E-state index contributed by atoms with van der Waals surface area (Å²) < 4.78 is 39.5. The van der Waals surface area contributed by atoms with Crippen molar-refractivity contribution in [2.75, 3.05) is 0 Å². The summed E-state index contributed by atoms with van der Waals surface area (Å²) in [5.41, 5.74) is -0.654. The lowest BCUT2D eigenvalue weighted by molar-refractivity contribution is 0.0136. The van der Waals surface area contributed by atoms with Crippen LogP contribution < -0.4 is 0 Å². The molecule has 0 fully saturated rings. The van der Waals surface area contributed by atoms with Crippen molar-refractivity contribution in [3.8, 4) is 6.07 Å². The van der Waals surface area contributed by atoms with Gasteiger partial charge < -0.3 is 0 Å². The van der Waals surface area contributed by atoms with Crippen LogP contribution in [-0.2, 0) is 5.92 Å². The fourth-order valence-electron chi connectivity index (χ4n) is 1.29. The number of nitriles is 1. The van der Waals surface area contributed by atoms with Gasteiger partial charge in [-0.2, -0.15) is 5.26 Å². The Hall–Kier alpha value is -1.50. The molecule has 0 bridgehead atoms. The highest BCUT2D eigenvalue weighted by atomic mass is 19.3. The second kappa shape index (κ2) is 3.93. The van der Waals surface area contributed by atoms with Gasteiger partial charge in [0, 0.05) is 12.5 Å². The van der Waals surface area contributed by atoms with Gasteiger partial charge in [-0.15, -0.1) is 0 Å². The van der Waals surface area contributed by atoms with E-state index in [1.54, 1.807) is 0 Å². The molecule has 0 saturated heterocycles. The summed E-state index contributed by atoms with van der Waals surface area (Å²) in [4.78, 5) is 0. The van der Waals surface area contributed by atoms with E-state index in [2.05, 4.69) is 0 Å². The van der Waals surface area contributed by atoms with Crippen LogP contribution in [0.25, 0.3) is 0 Å². The summed E-state index contributed by atoms with van der Waals surface area (Å²) in [6.45, 7) is 2.10. The second-order valence-electron chi connectivity index (χ2n) is 3.45. The van der Waals surface area contributed by atoms with Gasteiger partial charge in [-0.3, -0.25) is 0 Å². The van der Waals surface area contributed by atoms with Crippen LogP contribution in [-0.4, -0.2) is 0 Å². The number of hydrogen-bond donors (Lipinski definition) is 0. The standard InChI is InChI=1S/C11H10F3N/c1-7(6-15)8-4-3-5-9(10(8)12)11(2,13)14/h3-5,7H,1-2H3. The molecule has 0 amide bonds. The highest BCUT2D eigenvalue weighted by Gasteiger charge is 2.29. The topological polar surface area (TPSA) is 23.8 Å². The Bertz CT molecular complexity index is 401. The number of rotatable bonds is 2. The van der Waals surface area contributed by atoms with Crippen LogP contribution in [0.4, 0.5) is 13.2 Å². The summed E-state index contributed by atoms with van der Waals surface area (Å²) in [6.07, 6.45) is 0. The molecule has 1 aromatic rings. The van der Waals surface area contributed by atoms with E-state index in [9.17, 15) is 13.2 Å². The zero-order chi connectivity index (χ0) is 11.6. The Kier molecular flexibility index (Phi) is 3.04. The molecule has 0 aliphatic carbocycles. The zero-order valence-corrected chi connectivity index (χ0v) is 8.39. The fraction of sp³-hybridized carbons (Fsp3) is 0.364. The monoisotopic (exact) mass is 213 g/mol. The van der Waals surface area contributed by atoms with Crippen LogP contribution in [0.2, 0.25) is 0 Å². The van der Waals surface area contributed by atoms with Crippen LogP contribution >= 0.6 is 0 Å². The molecule has 0 heterocycles. The molecule has 0 radical (unpaired) electrons. The van der Waals surface area contributed by atoms with Crippen molar-refractivity contribution in [3.05, 3.63) is 35.1 Å². The summed E-state index contributed by atoms with van der Waals surface area (Å²) in [7, 11) is 0. The predicted molar refractivity (Wildman–Crippen MR) is 50.0 cm³/mol. The first-order valence-corrected chi connectivity index (χ1v) is 4.44. The molecule has 0 saturated carbocycles. The lowest BCUT2D eigenvalue weighted by Crippen LogP contribution is -2.12. The second-order valence-corrected chi connectivity index (χ2v) is 3.45. The third kappa shape index (κ3) is 2.30. The van der Waals surface area contributed by atoms with Crippen molar-refractivity contribution in [1.82, 2.24) is 0 Å². The Morgan fingerprint density at radius 3 is 2.47 bits per heavy atom. The van der Waals surface area contributed by atoms with E-state index in [1.165, 1.54) is 19.1 Å². The molecule has 1 aromatic carbocycles. The van der Waals surface area contributed by atoms with Gasteiger partial charge in [-0.05, 0) is 6.92 Å². The molecule has 1 rings (SSSR count). The van der Waals surface area contributed by atoms with Gasteiger partial charge >= 0.3 is 0 Å². The summed E-state index contributed by atoms with van der Waals surface area (Å²) >= 11 is 0. The predicted octanol–water partition coefficient (Wildman–Crippen LogP) is 3.56. The van der Waals surface area contributed by atoms with Crippen molar-refractivity contribution < 1.29 is 13.2 Å². The quantitative estimate of drug-likeness (QED) is 0.736. The molecular weight excluding hydrogens is 203 g/mol. The average molecular weight is 213 g/mol. The first-order valence-electron chi connectivity index (χ1n) is 4.44. The van der Waals surface area contributed by atoms with Gasteiger partial charge in [0.05, 0.1) is 17.6 Å². The van der Waals surface area contributed by atoms with E-state index in [4.69, 9.17) is 5.26 Å². The molecule has 80 valence electrons. The van der Waals surface area contributed by atoms with Gasteiger partial charge in [0.15, 0.2) is 0 Å². The van der Waals surface area contributed by atoms with Gasteiger partial charge in [0.25, 0.3) is 5.92 Å². The molecule has 0 aromatic heterocycles. The third-order valence-corrected chi connectivity index (χ3v) is 2.16. The van der Waals surface area contributed by atoms with Crippen molar-refractivity contribution >= 4 is 0 Å². The Morgan fingerprint density at radius 1 is 1.40 bits per heavy atom. The largest absolute Gasteiger partial charge is 0.273 e. The van der Waals surface area contributed by atoms with E-state index in [0.717, 1.165) is 6.07 Å². The maximum absolute atomic E-state index is 13.6. The molecule has 4 heteroatoms. The van der Waals surface area contributed by atoms with Gasteiger partial charge in [0.2, 0.25) is 0 Å². The highest BCUT2D eigenvalue weighted by molar-refractivity contribution is 5.33. The number of alkyl halides is 2. The van der Waals surface area contributed by atoms with E-state index >= 15 is 0 Å². The van der Waals surface area contributed by atoms with Crippen LogP contribution in [0, 0.1) is 17.1 Å². The normalized spacial score (nSPS) is 13.3. The molecular formula is C11H10F3N. The van der Waals surface area contributed by atoms with E-state index in [1.807, 2.05) is 6.07 Å². The molecule has 0 aliphatic rings. The maximum atomic E-state index is 13.6. The fourth-order valence-corrected chi connectivity index (χ4v) is 1.29. The lowest BCUT2D eigenvalue weighted by atomic mass is 9.97. The molecule has 0 spiro atoms. The van der Waals surface area contributed by atoms with Crippen molar-refractivity contribution in [3.63, 3.8) is 0 Å². The van der Waals surface area contributed by atoms with Crippen molar-refractivity contribution in [1.29, 1.82) is 5.26 Å². The van der Waals surface area contributed by atoms with Crippen LogP contribution in [0.1, 0.15) is 30.9 Å². The molecule has 1 atom stereocenters. The Labute approximate surface area is 86.1 Å². The molecule has 0 N–H and O–H groups in total. The minimum atomic E-state index is -3.23. The van der Waals surface area contributed by atoms with E-state index in [0.29, 0.717) is 6.92 Å². The molecule has 1 unspecified atom stereocenters. The number of benzene rings is 1. The van der Waals surface area contributed by atoms with Crippen LogP contribution in [0.5, 0.6) is 0 Å². The van der Waals surface area contributed by atoms with Crippen LogP contribution in [0.3, 0.4) is 0 Å². The molecule has 15 heavy (non-hydrogen) atoms. The number of hydrogen-bond acceptors (Lipinski definition) is 1. The summed E-state index contributed by atoms with van der Waals surface area (Å²) in [5.74, 6) is -4.94.